The van der Waals surface area contributed by atoms with Crippen molar-refractivity contribution in [3.05, 3.63) is 24.3 Å². The third-order valence-electron chi connectivity index (χ3n) is 3.28. The van der Waals surface area contributed by atoms with E-state index in [4.69, 9.17) is 5.73 Å². The summed E-state index contributed by atoms with van der Waals surface area (Å²) in [6, 6.07) is 4.17. The van der Waals surface area contributed by atoms with Crippen LogP contribution in [0.2, 0.25) is 0 Å². The second-order valence-electron chi connectivity index (χ2n) is 4.77. The first-order chi connectivity index (χ1) is 9.72. The number of halogens is 3. The van der Waals surface area contributed by atoms with Crippen molar-refractivity contribution in [1.82, 2.24) is 4.31 Å². The van der Waals surface area contributed by atoms with E-state index in [1.807, 2.05) is 0 Å². The minimum absolute atomic E-state index is 0.0605. The van der Waals surface area contributed by atoms with Gasteiger partial charge in [0.1, 0.15) is 5.75 Å². The van der Waals surface area contributed by atoms with Crippen LogP contribution in [0.5, 0.6) is 5.75 Å². The SMILES string of the molecule is NCC1CCN(S(=O)(=O)c2ccc(OC(F)(F)F)cc2)C1. The molecular weight excluding hydrogens is 309 g/mol. The van der Waals surface area contributed by atoms with Crippen LogP contribution in [0.4, 0.5) is 13.2 Å². The second kappa shape index (κ2) is 5.82. The fourth-order valence-electron chi connectivity index (χ4n) is 2.17. The van der Waals surface area contributed by atoms with Gasteiger partial charge < -0.3 is 10.5 Å². The Kier molecular flexibility index (Phi) is 4.45. The van der Waals surface area contributed by atoms with Crippen molar-refractivity contribution in [2.45, 2.75) is 17.7 Å². The van der Waals surface area contributed by atoms with Crippen LogP contribution in [-0.4, -0.2) is 38.7 Å². The van der Waals surface area contributed by atoms with Crippen LogP contribution >= 0.6 is 0 Å². The van der Waals surface area contributed by atoms with Crippen LogP contribution in [-0.2, 0) is 10.0 Å². The molecule has 1 aliphatic heterocycles. The van der Waals surface area contributed by atoms with Crippen LogP contribution < -0.4 is 10.5 Å². The summed E-state index contributed by atoms with van der Waals surface area (Å²) in [6.45, 7) is 1.11. The van der Waals surface area contributed by atoms with Gasteiger partial charge in [-0.25, -0.2) is 8.42 Å². The Morgan fingerprint density at radius 1 is 1.29 bits per heavy atom. The van der Waals surface area contributed by atoms with Crippen LogP contribution in [0.1, 0.15) is 6.42 Å². The highest BCUT2D eigenvalue weighted by atomic mass is 32.2. The third-order valence-corrected chi connectivity index (χ3v) is 5.16. The molecule has 21 heavy (non-hydrogen) atoms. The van der Waals surface area contributed by atoms with Gasteiger partial charge >= 0.3 is 6.36 Å². The Bertz CT molecular complexity index is 587. The Labute approximate surface area is 120 Å². The van der Waals surface area contributed by atoms with Crippen molar-refractivity contribution >= 4 is 10.0 Å². The lowest BCUT2D eigenvalue weighted by atomic mass is 10.1. The molecule has 0 spiro atoms. The van der Waals surface area contributed by atoms with E-state index in [2.05, 4.69) is 4.74 Å². The van der Waals surface area contributed by atoms with Crippen molar-refractivity contribution < 1.29 is 26.3 Å². The molecule has 1 fully saturated rings. The zero-order valence-corrected chi connectivity index (χ0v) is 11.8. The van der Waals surface area contributed by atoms with E-state index in [1.165, 1.54) is 4.31 Å². The van der Waals surface area contributed by atoms with Crippen LogP contribution in [0.25, 0.3) is 0 Å². The van der Waals surface area contributed by atoms with Gasteiger partial charge in [-0.05, 0) is 43.1 Å². The van der Waals surface area contributed by atoms with Gasteiger partial charge in [-0.1, -0.05) is 0 Å². The minimum Gasteiger partial charge on any atom is -0.406 e. The highest BCUT2D eigenvalue weighted by Gasteiger charge is 2.33. The fraction of sp³-hybridized carbons (Fsp3) is 0.500. The Morgan fingerprint density at radius 3 is 2.38 bits per heavy atom. The van der Waals surface area contributed by atoms with E-state index in [1.54, 1.807) is 0 Å². The fourth-order valence-corrected chi connectivity index (χ4v) is 3.70. The van der Waals surface area contributed by atoms with Crippen molar-refractivity contribution in [3.63, 3.8) is 0 Å². The van der Waals surface area contributed by atoms with Crippen molar-refractivity contribution in [1.29, 1.82) is 0 Å². The summed E-state index contributed by atoms with van der Waals surface area (Å²) < 4.78 is 65.8. The summed E-state index contributed by atoms with van der Waals surface area (Å²) in [5, 5.41) is 0. The van der Waals surface area contributed by atoms with Crippen LogP contribution in [0.15, 0.2) is 29.2 Å². The molecule has 0 saturated carbocycles. The Balaban J connectivity index is 2.14. The average molecular weight is 324 g/mol. The maximum atomic E-state index is 12.3. The van der Waals surface area contributed by atoms with E-state index in [9.17, 15) is 21.6 Å². The zero-order chi connectivity index (χ0) is 15.7. The molecule has 0 amide bonds. The van der Waals surface area contributed by atoms with Gasteiger partial charge in [-0.3, -0.25) is 0 Å². The van der Waals surface area contributed by atoms with Gasteiger partial charge in [0, 0.05) is 13.1 Å². The van der Waals surface area contributed by atoms with Crippen molar-refractivity contribution in [3.8, 4) is 5.75 Å². The maximum absolute atomic E-state index is 12.3. The summed E-state index contributed by atoms with van der Waals surface area (Å²) >= 11 is 0. The van der Waals surface area contributed by atoms with Gasteiger partial charge in [0.05, 0.1) is 4.90 Å². The molecule has 0 bridgehead atoms. The molecule has 5 nitrogen and oxygen atoms in total. The molecule has 0 aliphatic carbocycles. The summed E-state index contributed by atoms with van der Waals surface area (Å²) in [6.07, 6.45) is -4.12. The molecule has 1 aromatic rings. The first-order valence-electron chi connectivity index (χ1n) is 6.28. The molecule has 1 saturated heterocycles. The topological polar surface area (TPSA) is 72.6 Å². The zero-order valence-electron chi connectivity index (χ0n) is 11.0. The van der Waals surface area contributed by atoms with E-state index in [0.29, 0.717) is 26.1 Å². The van der Waals surface area contributed by atoms with Gasteiger partial charge in [0.15, 0.2) is 0 Å². The molecule has 118 valence electrons. The highest BCUT2D eigenvalue weighted by molar-refractivity contribution is 7.89. The number of nitrogens with two attached hydrogens (primary N) is 1. The predicted octanol–water partition coefficient (Wildman–Crippen LogP) is 1.55. The molecule has 2 rings (SSSR count). The molecule has 1 atom stereocenters. The summed E-state index contributed by atoms with van der Waals surface area (Å²) in [5.74, 6) is -0.338. The third kappa shape index (κ3) is 3.86. The lowest BCUT2D eigenvalue weighted by molar-refractivity contribution is -0.274. The Morgan fingerprint density at radius 2 is 1.90 bits per heavy atom. The van der Waals surface area contributed by atoms with Crippen LogP contribution in [0, 0.1) is 5.92 Å². The first kappa shape index (κ1) is 16.1. The standard InChI is InChI=1S/C12H15F3N2O3S/c13-12(14,15)20-10-1-3-11(4-2-10)21(18,19)17-6-5-9(7-16)8-17/h1-4,9H,5-8,16H2. The van der Waals surface area contributed by atoms with Crippen LogP contribution in [0.3, 0.4) is 0 Å². The van der Waals surface area contributed by atoms with Gasteiger partial charge in [-0.15, -0.1) is 13.2 Å². The molecule has 0 radical (unpaired) electrons. The molecule has 0 aromatic heterocycles. The lowest BCUT2D eigenvalue weighted by Crippen LogP contribution is -2.30. The molecule has 9 heteroatoms. The average Bonchev–Trinajstić information content (AvgIpc) is 2.87. The summed E-state index contributed by atoms with van der Waals surface area (Å²) in [5.41, 5.74) is 5.51. The molecule has 1 aliphatic rings. The number of sulfonamides is 1. The van der Waals surface area contributed by atoms with E-state index < -0.39 is 22.1 Å². The van der Waals surface area contributed by atoms with Crippen molar-refractivity contribution in [2.24, 2.45) is 11.7 Å². The van der Waals surface area contributed by atoms with Crippen molar-refractivity contribution in [2.75, 3.05) is 19.6 Å². The number of rotatable bonds is 4. The number of hydrogen-bond acceptors (Lipinski definition) is 4. The van der Waals surface area contributed by atoms with Gasteiger partial charge in [0.25, 0.3) is 0 Å². The second-order valence-corrected chi connectivity index (χ2v) is 6.71. The van der Waals surface area contributed by atoms with E-state index in [0.717, 1.165) is 24.3 Å². The number of hydrogen-bond donors (Lipinski definition) is 1. The largest absolute Gasteiger partial charge is 0.573 e. The molecule has 2 N–H and O–H groups in total. The minimum atomic E-state index is -4.80. The lowest BCUT2D eigenvalue weighted by Gasteiger charge is -2.16. The van der Waals surface area contributed by atoms with Gasteiger partial charge in [-0.2, -0.15) is 4.31 Å². The monoisotopic (exact) mass is 324 g/mol. The summed E-state index contributed by atoms with van der Waals surface area (Å²) in [4.78, 5) is -0.0605. The smallest absolute Gasteiger partial charge is 0.406 e. The van der Waals surface area contributed by atoms with E-state index in [-0.39, 0.29) is 10.8 Å². The first-order valence-corrected chi connectivity index (χ1v) is 7.72. The summed E-state index contributed by atoms with van der Waals surface area (Å²) in [7, 11) is -3.70. The molecule has 1 heterocycles. The quantitative estimate of drug-likeness (QED) is 0.912. The molecule has 1 aromatic carbocycles. The normalized spacial score (nSPS) is 20.7. The number of nitrogens with zero attached hydrogens (tertiary/aromatic N) is 1. The van der Waals surface area contributed by atoms with Gasteiger partial charge in [0.2, 0.25) is 10.0 Å². The highest BCUT2D eigenvalue weighted by Crippen LogP contribution is 2.27. The Hall–Kier alpha value is -1.32. The number of benzene rings is 1. The predicted molar refractivity (Wildman–Crippen MR) is 69.0 cm³/mol. The number of ether oxygens (including phenoxy) is 1. The number of alkyl halides is 3. The molecular formula is C12H15F3N2O3S. The maximum Gasteiger partial charge on any atom is 0.573 e. The molecule has 1 unspecified atom stereocenters. The van der Waals surface area contributed by atoms with E-state index >= 15 is 0 Å².